The van der Waals surface area contributed by atoms with E-state index in [1.165, 1.54) is 12.8 Å². The van der Waals surface area contributed by atoms with Gasteiger partial charge < -0.3 is 9.84 Å². The second-order valence-electron chi connectivity index (χ2n) is 8.37. The first-order chi connectivity index (χ1) is 14.3. The number of aromatic hydroxyl groups is 1. The first kappa shape index (κ1) is 25.4. The fourth-order valence-electron chi connectivity index (χ4n) is 3.91. The number of phenols is 1. The summed E-state index contributed by atoms with van der Waals surface area (Å²) >= 11 is -0.826. The molecule has 0 spiro atoms. The molecule has 162 valence electrons. The molecular formula is C24H31Cl2NO2Zr. The number of benzene rings is 2. The summed E-state index contributed by atoms with van der Waals surface area (Å²) in [5.41, 5.74) is 2.39. The first-order valence-electron chi connectivity index (χ1n) is 10.3. The number of ether oxygens (including phenoxy) is 1. The van der Waals surface area contributed by atoms with Crippen LogP contribution in [0.2, 0.25) is 0 Å². The van der Waals surface area contributed by atoms with Crippen LogP contribution in [0, 0.1) is 5.92 Å². The summed E-state index contributed by atoms with van der Waals surface area (Å²) in [5.74, 6) is 1.84. The van der Waals surface area contributed by atoms with Crippen LogP contribution in [0.5, 0.6) is 11.5 Å². The fraction of sp³-hybridized carbons (Fsp3) is 0.458. The molecule has 1 fully saturated rings. The maximum absolute atomic E-state index is 11.0. The number of hydrogen-bond donors (Lipinski definition) is 1. The number of hydrogen-bond acceptors (Lipinski definition) is 3. The predicted octanol–water partition coefficient (Wildman–Crippen LogP) is 7.10. The number of halogens is 2. The second-order valence-corrected chi connectivity index (χ2v) is 12.1. The Morgan fingerprint density at radius 1 is 1.10 bits per heavy atom. The van der Waals surface area contributed by atoms with Crippen molar-refractivity contribution < 1.29 is 30.7 Å². The Morgan fingerprint density at radius 3 is 2.27 bits per heavy atom. The summed E-state index contributed by atoms with van der Waals surface area (Å²) in [7, 11) is 11.5. The molecule has 3 nitrogen and oxygen atoms in total. The minimum atomic E-state index is -0.826. The Kier molecular flexibility index (Phi) is 10.4. The molecule has 0 heterocycles. The topological polar surface area (TPSA) is 41.8 Å². The van der Waals surface area contributed by atoms with E-state index in [4.69, 9.17) is 26.8 Å². The zero-order chi connectivity index (χ0) is 22.1. The van der Waals surface area contributed by atoms with E-state index in [1.54, 1.807) is 7.11 Å². The van der Waals surface area contributed by atoms with Crippen LogP contribution in [-0.4, -0.2) is 24.5 Å². The van der Waals surface area contributed by atoms with Gasteiger partial charge in [0.2, 0.25) is 0 Å². The quantitative estimate of drug-likeness (QED) is 0.422. The molecule has 1 aliphatic carbocycles. The third-order valence-electron chi connectivity index (χ3n) is 5.93. The molecule has 2 aromatic carbocycles. The van der Waals surface area contributed by atoms with E-state index in [-0.39, 0.29) is 11.2 Å². The Labute approximate surface area is 199 Å². The molecule has 6 heteroatoms. The van der Waals surface area contributed by atoms with Gasteiger partial charge in [-0.05, 0) is 49.3 Å². The van der Waals surface area contributed by atoms with Crippen molar-refractivity contribution in [1.82, 2.24) is 0 Å². The number of rotatable bonds is 5. The summed E-state index contributed by atoms with van der Waals surface area (Å²) in [6, 6.07) is 14.4. The number of nitrogens with zero attached hydrogens (tertiary/aromatic N) is 1. The molecule has 0 bridgehead atoms. The van der Waals surface area contributed by atoms with Gasteiger partial charge in [-0.15, -0.1) is 0 Å². The number of methoxy groups -OCH3 is 1. The molecule has 0 saturated heterocycles. The van der Waals surface area contributed by atoms with Crippen molar-refractivity contribution in [3.63, 3.8) is 0 Å². The second kappa shape index (κ2) is 12.3. The van der Waals surface area contributed by atoms with Gasteiger partial charge in [0.1, 0.15) is 11.5 Å². The molecule has 1 saturated carbocycles. The van der Waals surface area contributed by atoms with Crippen LogP contribution in [-0.2, 0) is 26.3 Å². The third kappa shape index (κ3) is 6.84. The van der Waals surface area contributed by atoms with Gasteiger partial charge in [-0.3, -0.25) is 4.99 Å². The van der Waals surface area contributed by atoms with E-state index >= 15 is 0 Å². The van der Waals surface area contributed by atoms with Crippen molar-refractivity contribution in [2.24, 2.45) is 10.9 Å². The maximum atomic E-state index is 11.0. The molecule has 0 aliphatic heterocycles. The van der Waals surface area contributed by atoms with Crippen LogP contribution in [0.4, 0.5) is 0 Å². The Bertz CT molecular complexity index is 819. The summed E-state index contributed by atoms with van der Waals surface area (Å²) in [6.45, 7) is 6.56. The normalized spacial score (nSPS) is 19.1. The van der Waals surface area contributed by atoms with Gasteiger partial charge in [-0.1, -0.05) is 51.1 Å². The van der Waals surface area contributed by atoms with Gasteiger partial charge in [-0.2, -0.15) is 0 Å². The molecule has 0 atom stereocenters. The summed E-state index contributed by atoms with van der Waals surface area (Å²) in [5, 5.41) is 11.0. The Balaban J connectivity index is 0.00000101. The third-order valence-corrected chi connectivity index (χ3v) is 5.93. The van der Waals surface area contributed by atoms with Crippen LogP contribution in [0.15, 0.2) is 47.5 Å². The molecule has 3 rings (SSSR count). The number of phenolic OH excluding ortho intramolecular Hbond substituents is 1. The first-order valence-corrected chi connectivity index (χ1v) is 16.6. The fourth-order valence-corrected chi connectivity index (χ4v) is 3.91. The van der Waals surface area contributed by atoms with Crippen molar-refractivity contribution in [1.29, 1.82) is 0 Å². The van der Waals surface area contributed by atoms with Crippen LogP contribution in [0.25, 0.3) is 0 Å². The molecule has 0 aromatic heterocycles. The minimum absolute atomic E-state index is 0.289. The molecule has 0 unspecified atom stereocenters. The zero-order valence-electron chi connectivity index (χ0n) is 18.2. The molecular weight excluding hydrogens is 496 g/mol. The van der Waals surface area contributed by atoms with E-state index in [1.807, 2.05) is 36.5 Å². The average molecular weight is 528 g/mol. The van der Waals surface area contributed by atoms with E-state index < -0.39 is 20.8 Å². The molecule has 0 radical (unpaired) electrons. The molecule has 1 aliphatic rings. The van der Waals surface area contributed by atoms with Gasteiger partial charge >= 0.3 is 37.9 Å². The van der Waals surface area contributed by atoms with Crippen molar-refractivity contribution in [2.75, 3.05) is 7.11 Å². The van der Waals surface area contributed by atoms with Crippen molar-refractivity contribution in [3.05, 3.63) is 59.2 Å². The Hall–Kier alpha value is -0.827. The molecule has 30 heavy (non-hydrogen) atoms. The average Bonchev–Trinajstić information content (AvgIpc) is 2.75. The van der Waals surface area contributed by atoms with Crippen molar-refractivity contribution in [2.45, 2.75) is 57.9 Å². The Morgan fingerprint density at radius 2 is 1.70 bits per heavy atom. The summed E-state index contributed by atoms with van der Waals surface area (Å²) < 4.78 is 5.51. The van der Waals surface area contributed by atoms with Gasteiger partial charge in [0.05, 0.1) is 7.11 Å². The van der Waals surface area contributed by atoms with E-state index in [2.05, 4.69) is 32.9 Å². The predicted molar refractivity (Wildman–Crippen MR) is 124 cm³/mol. The standard InChI is InChI=1S/C24H31NO2.2ClH.Zr/c1-17-10-12-20(13-11-17)25-16-18-14-21(27-4)15-22(23(18)26)24(2,3)19-8-6-5-7-9-19;;;/h5-9,14-17,20,26H,10-13H2,1-4H3;2*1H;/q;;;+2/p-2. The van der Waals surface area contributed by atoms with Crippen LogP contribution < -0.4 is 4.74 Å². The van der Waals surface area contributed by atoms with Crippen molar-refractivity contribution in [3.8, 4) is 11.5 Å². The summed E-state index contributed by atoms with van der Waals surface area (Å²) in [6.07, 6.45) is 6.56. The van der Waals surface area contributed by atoms with Gasteiger partial charge in [0.25, 0.3) is 0 Å². The summed E-state index contributed by atoms with van der Waals surface area (Å²) in [4.78, 5) is 4.78. The zero-order valence-corrected chi connectivity index (χ0v) is 22.1. The van der Waals surface area contributed by atoms with E-state index in [0.717, 1.165) is 41.2 Å². The molecule has 0 amide bonds. The van der Waals surface area contributed by atoms with Gasteiger partial charge in [0.15, 0.2) is 0 Å². The van der Waals surface area contributed by atoms with Crippen LogP contribution in [0.1, 0.15) is 63.1 Å². The van der Waals surface area contributed by atoms with E-state index in [0.29, 0.717) is 6.04 Å². The van der Waals surface area contributed by atoms with E-state index in [9.17, 15) is 5.11 Å². The van der Waals surface area contributed by atoms with Crippen LogP contribution in [0.3, 0.4) is 0 Å². The van der Waals surface area contributed by atoms with Gasteiger partial charge in [0, 0.05) is 28.8 Å². The molecule has 2 aromatic rings. The monoisotopic (exact) mass is 525 g/mol. The molecule has 1 N–H and O–H groups in total. The van der Waals surface area contributed by atoms with Crippen molar-refractivity contribution >= 4 is 23.2 Å². The van der Waals surface area contributed by atoms with Gasteiger partial charge in [-0.25, -0.2) is 0 Å². The van der Waals surface area contributed by atoms with Crippen LogP contribution >= 0.6 is 17.0 Å². The SMILES string of the molecule is COc1cc(C=NC2CCC(C)CC2)c(O)c(C(C)(C)c2ccccc2)c1.[Cl][Zr][Cl]. The number of aliphatic imine (C=N–C) groups is 1.